The number of hydrogen-bond acceptors (Lipinski definition) is 5. The van der Waals surface area contributed by atoms with Crippen molar-refractivity contribution >= 4 is 27.6 Å². The minimum absolute atomic E-state index is 0.0285. The topological polar surface area (TPSA) is 92.8 Å². The Morgan fingerprint density at radius 1 is 1.23 bits per heavy atom. The minimum atomic E-state index is -3.67. The van der Waals surface area contributed by atoms with Crippen LogP contribution in [0.25, 0.3) is 0 Å². The summed E-state index contributed by atoms with van der Waals surface area (Å²) in [5, 5.41) is 2.94. The highest BCUT2D eigenvalue weighted by atomic mass is 32.2. The van der Waals surface area contributed by atoms with Gasteiger partial charge in [0.15, 0.2) is 0 Å². The summed E-state index contributed by atoms with van der Waals surface area (Å²) in [6.45, 7) is 1.84. The molecule has 0 atom stereocenters. The van der Waals surface area contributed by atoms with Gasteiger partial charge in [-0.2, -0.15) is 0 Å². The molecule has 0 saturated heterocycles. The third-order valence-electron chi connectivity index (χ3n) is 4.33. The summed E-state index contributed by atoms with van der Waals surface area (Å²) in [5.74, 6) is -0.772. The van der Waals surface area contributed by atoms with Crippen LogP contribution in [0.15, 0.2) is 24.3 Å². The molecule has 1 aliphatic rings. The van der Waals surface area contributed by atoms with E-state index in [4.69, 9.17) is 4.74 Å². The van der Waals surface area contributed by atoms with Crippen molar-refractivity contribution in [3.63, 3.8) is 0 Å². The standard InChI is InChI=1S/C18H26N2O5S/c1-3-25-18(22)15-10-6-7-11-16(15)20(26(2,23)24)13-12-17(21)19-14-8-4-5-9-14/h6-7,10-11,14H,3-5,8-9,12-13H2,1-2H3,(H,19,21). The molecule has 1 saturated carbocycles. The first-order chi connectivity index (χ1) is 12.3. The molecule has 1 fully saturated rings. The number of para-hydroxylation sites is 1. The lowest BCUT2D eigenvalue weighted by molar-refractivity contribution is -0.121. The van der Waals surface area contributed by atoms with E-state index in [0.717, 1.165) is 36.2 Å². The fraction of sp³-hybridized carbons (Fsp3) is 0.556. The highest BCUT2D eigenvalue weighted by Crippen LogP contribution is 2.24. The van der Waals surface area contributed by atoms with Gasteiger partial charge in [-0.25, -0.2) is 13.2 Å². The summed E-state index contributed by atoms with van der Waals surface area (Å²) in [6.07, 6.45) is 5.23. The van der Waals surface area contributed by atoms with Gasteiger partial charge in [0, 0.05) is 19.0 Å². The zero-order valence-electron chi connectivity index (χ0n) is 15.2. The number of nitrogens with one attached hydrogen (secondary N) is 1. The maximum absolute atomic E-state index is 12.3. The number of amides is 1. The highest BCUT2D eigenvalue weighted by molar-refractivity contribution is 7.92. The molecule has 144 valence electrons. The second kappa shape index (κ2) is 9.02. The van der Waals surface area contributed by atoms with Crippen LogP contribution in [-0.4, -0.2) is 45.7 Å². The van der Waals surface area contributed by atoms with Crippen LogP contribution in [-0.2, 0) is 19.6 Å². The fourth-order valence-corrected chi connectivity index (χ4v) is 4.05. The molecule has 0 aliphatic heterocycles. The Balaban J connectivity index is 2.15. The van der Waals surface area contributed by atoms with Gasteiger partial charge in [-0.05, 0) is 31.9 Å². The van der Waals surface area contributed by atoms with E-state index in [1.165, 1.54) is 6.07 Å². The van der Waals surface area contributed by atoms with Crippen LogP contribution < -0.4 is 9.62 Å². The molecule has 1 amide bonds. The second-order valence-electron chi connectivity index (χ2n) is 6.37. The number of sulfonamides is 1. The molecule has 0 aromatic heterocycles. The smallest absolute Gasteiger partial charge is 0.340 e. The number of carbonyl (C=O) groups excluding carboxylic acids is 2. The molecule has 0 radical (unpaired) electrons. The summed E-state index contributed by atoms with van der Waals surface area (Å²) in [4.78, 5) is 24.3. The van der Waals surface area contributed by atoms with E-state index in [-0.39, 0.29) is 42.8 Å². The van der Waals surface area contributed by atoms with Crippen LogP contribution in [0.5, 0.6) is 0 Å². The van der Waals surface area contributed by atoms with Crippen molar-refractivity contribution in [1.82, 2.24) is 5.32 Å². The lowest BCUT2D eigenvalue weighted by Gasteiger charge is -2.24. The molecule has 0 bridgehead atoms. The Labute approximate surface area is 154 Å². The van der Waals surface area contributed by atoms with Crippen LogP contribution >= 0.6 is 0 Å². The van der Waals surface area contributed by atoms with Crippen LogP contribution in [0.3, 0.4) is 0 Å². The van der Waals surface area contributed by atoms with Crippen molar-refractivity contribution in [2.75, 3.05) is 23.7 Å². The van der Waals surface area contributed by atoms with E-state index in [2.05, 4.69) is 5.32 Å². The van der Waals surface area contributed by atoms with Crippen LogP contribution in [0.1, 0.15) is 49.4 Å². The molecule has 1 N–H and O–H groups in total. The number of rotatable bonds is 8. The van der Waals surface area contributed by atoms with Crippen molar-refractivity contribution in [2.45, 2.75) is 45.1 Å². The van der Waals surface area contributed by atoms with Crippen LogP contribution in [0, 0.1) is 0 Å². The first-order valence-corrected chi connectivity index (χ1v) is 10.7. The Morgan fingerprint density at radius 2 is 1.88 bits per heavy atom. The van der Waals surface area contributed by atoms with Gasteiger partial charge in [0.25, 0.3) is 0 Å². The normalized spacial score (nSPS) is 14.8. The van der Waals surface area contributed by atoms with Gasteiger partial charge in [-0.15, -0.1) is 0 Å². The van der Waals surface area contributed by atoms with Gasteiger partial charge in [0.1, 0.15) is 0 Å². The van der Waals surface area contributed by atoms with Crippen molar-refractivity contribution in [3.05, 3.63) is 29.8 Å². The summed E-state index contributed by atoms with van der Waals surface area (Å²) in [5.41, 5.74) is 0.387. The molecule has 7 nitrogen and oxygen atoms in total. The summed E-state index contributed by atoms with van der Waals surface area (Å²) < 4.78 is 30.6. The predicted molar refractivity (Wildman–Crippen MR) is 99.6 cm³/mol. The lowest BCUT2D eigenvalue weighted by Crippen LogP contribution is -2.38. The molecular formula is C18H26N2O5S. The van der Waals surface area contributed by atoms with Gasteiger partial charge in [-0.3, -0.25) is 9.10 Å². The first kappa shape index (κ1) is 20.2. The quantitative estimate of drug-likeness (QED) is 0.695. The number of carbonyl (C=O) groups is 2. The van der Waals surface area contributed by atoms with E-state index in [9.17, 15) is 18.0 Å². The van der Waals surface area contributed by atoms with Crippen molar-refractivity contribution in [2.24, 2.45) is 0 Å². The van der Waals surface area contributed by atoms with Crippen molar-refractivity contribution < 1.29 is 22.7 Å². The number of esters is 1. The average molecular weight is 382 g/mol. The molecule has 0 unspecified atom stereocenters. The summed E-state index contributed by atoms with van der Waals surface area (Å²) in [6, 6.07) is 6.53. The third kappa shape index (κ3) is 5.45. The number of ether oxygens (including phenoxy) is 1. The van der Waals surface area contributed by atoms with Gasteiger partial charge in [0.2, 0.25) is 15.9 Å². The van der Waals surface area contributed by atoms with Crippen LogP contribution in [0.2, 0.25) is 0 Å². The zero-order chi connectivity index (χ0) is 19.2. The SMILES string of the molecule is CCOC(=O)c1ccccc1N(CCC(=O)NC1CCCC1)S(C)(=O)=O. The molecule has 2 rings (SSSR count). The Morgan fingerprint density at radius 3 is 2.50 bits per heavy atom. The predicted octanol–water partition coefficient (Wildman–Crippen LogP) is 2.08. The van der Waals surface area contributed by atoms with Gasteiger partial charge < -0.3 is 10.1 Å². The summed E-state index contributed by atoms with van der Waals surface area (Å²) in [7, 11) is -3.67. The Hall–Kier alpha value is -2.09. The van der Waals surface area contributed by atoms with Gasteiger partial charge >= 0.3 is 5.97 Å². The summed E-state index contributed by atoms with van der Waals surface area (Å²) >= 11 is 0. The number of anilines is 1. The molecule has 1 aromatic carbocycles. The Bertz CT molecular complexity index is 742. The van der Waals surface area contributed by atoms with Crippen molar-refractivity contribution in [3.8, 4) is 0 Å². The third-order valence-corrected chi connectivity index (χ3v) is 5.51. The average Bonchev–Trinajstić information content (AvgIpc) is 3.07. The maximum atomic E-state index is 12.3. The van der Waals surface area contributed by atoms with E-state index >= 15 is 0 Å². The van der Waals surface area contributed by atoms with Crippen molar-refractivity contribution in [1.29, 1.82) is 0 Å². The van der Waals surface area contributed by atoms with Gasteiger partial charge in [0.05, 0.1) is 24.1 Å². The zero-order valence-corrected chi connectivity index (χ0v) is 16.0. The largest absolute Gasteiger partial charge is 0.462 e. The van der Waals surface area contributed by atoms with E-state index in [1.807, 2.05) is 0 Å². The Kier molecular flexibility index (Phi) is 7.02. The number of benzene rings is 1. The van der Waals surface area contributed by atoms with Crippen LogP contribution in [0.4, 0.5) is 5.69 Å². The molecule has 8 heteroatoms. The lowest BCUT2D eigenvalue weighted by atomic mass is 10.1. The monoisotopic (exact) mass is 382 g/mol. The molecule has 26 heavy (non-hydrogen) atoms. The molecule has 0 spiro atoms. The fourth-order valence-electron chi connectivity index (χ4n) is 3.11. The van der Waals surface area contributed by atoms with E-state index in [1.54, 1.807) is 25.1 Å². The van der Waals surface area contributed by atoms with E-state index in [0.29, 0.717) is 0 Å². The first-order valence-electron chi connectivity index (χ1n) is 8.86. The minimum Gasteiger partial charge on any atom is -0.462 e. The second-order valence-corrected chi connectivity index (χ2v) is 8.28. The molecule has 0 heterocycles. The number of nitrogens with zero attached hydrogens (tertiary/aromatic N) is 1. The highest BCUT2D eigenvalue weighted by Gasteiger charge is 2.25. The molecular weight excluding hydrogens is 356 g/mol. The molecule has 1 aliphatic carbocycles. The van der Waals surface area contributed by atoms with E-state index < -0.39 is 16.0 Å². The van der Waals surface area contributed by atoms with Gasteiger partial charge in [-0.1, -0.05) is 25.0 Å². The number of hydrogen-bond donors (Lipinski definition) is 1. The maximum Gasteiger partial charge on any atom is 0.340 e. The molecule has 1 aromatic rings.